The van der Waals surface area contributed by atoms with Gasteiger partial charge in [-0.2, -0.15) is 0 Å². The van der Waals surface area contributed by atoms with Crippen LogP contribution in [-0.4, -0.2) is 15.0 Å². The van der Waals surface area contributed by atoms with E-state index in [0.29, 0.717) is 17.5 Å². The van der Waals surface area contributed by atoms with Crippen molar-refractivity contribution in [1.82, 2.24) is 15.0 Å². The van der Waals surface area contributed by atoms with Gasteiger partial charge in [-0.1, -0.05) is 164 Å². The lowest BCUT2D eigenvalue weighted by molar-refractivity contribution is 0.436. The molecule has 4 nitrogen and oxygen atoms in total. The number of hydrogen-bond acceptors (Lipinski definition) is 4. The Bertz CT molecular complexity index is 2860. The Morgan fingerprint density at radius 3 is 1.52 bits per heavy atom. The molecular weight excluding hydrogens is 659 g/mol. The van der Waals surface area contributed by atoms with E-state index in [9.17, 15) is 0 Å². The van der Waals surface area contributed by atoms with E-state index in [2.05, 4.69) is 164 Å². The molecule has 1 aliphatic carbocycles. The first-order valence-corrected chi connectivity index (χ1v) is 18.3. The quantitative estimate of drug-likeness (QED) is 0.185. The highest BCUT2D eigenvalue weighted by Gasteiger charge is 2.51. The summed E-state index contributed by atoms with van der Waals surface area (Å²) in [5.41, 5.74) is 11.8. The summed E-state index contributed by atoms with van der Waals surface area (Å²) in [5.74, 6) is 3.68. The monoisotopic (exact) mass is 689 g/mol. The summed E-state index contributed by atoms with van der Waals surface area (Å²) >= 11 is 0. The zero-order valence-corrected chi connectivity index (χ0v) is 29.1. The van der Waals surface area contributed by atoms with Gasteiger partial charge in [-0.3, -0.25) is 0 Å². The fourth-order valence-electron chi connectivity index (χ4n) is 8.60. The maximum atomic E-state index is 6.56. The Labute approximate surface area is 313 Å². The van der Waals surface area contributed by atoms with Crippen molar-refractivity contribution in [3.8, 4) is 67.9 Å². The van der Waals surface area contributed by atoms with E-state index in [0.717, 1.165) is 55.7 Å². The van der Waals surface area contributed by atoms with E-state index in [-0.39, 0.29) is 0 Å². The number of benzene rings is 8. The van der Waals surface area contributed by atoms with Gasteiger partial charge in [0.2, 0.25) is 0 Å². The average molecular weight is 690 g/mol. The van der Waals surface area contributed by atoms with Gasteiger partial charge in [-0.25, -0.2) is 15.0 Å². The first-order chi connectivity index (χ1) is 26.8. The third kappa shape index (κ3) is 4.53. The van der Waals surface area contributed by atoms with Gasteiger partial charge < -0.3 is 4.74 Å². The molecule has 0 bridgehead atoms. The molecule has 0 radical (unpaired) electrons. The Kier molecular flexibility index (Phi) is 6.73. The van der Waals surface area contributed by atoms with Gasteiger partial charge >= 0.3 is 0 Å². The Balaban J connectivity index is 1.14. The molecule has 0 N–H and O–H groups in total. The maximum Gasteiger partial charge on any atom is 0.164 e. The van der Waals surface area contributed by atoms with Crippen LogP contribution in [-0.2, 0) is 5.41 Å². The number of nitrogens with zero attached hydrogens (tertiary/aromatic N) is 3. The lowest BCUT2D eigenvalue weighted by Gasteiger charge is -2.39. The molecule has 11 rings (SSSR count). The molecule has 252 valence electrons. The van der Waals surface area contributed by atoms with Crippen molar-refractivity contribution in [3.63, 3.8) is 0 Å². The average Bonchev–Trinajstić information content (AvgIpc) is 3.52. The molecule has 0 unspecified atom stereocenters. The molecule has 0 fully saturated rings. The molecule has 0 amide bonds. The van der Waals surface area contributed by atoms with Gasteiger partial charge in [-0.15, -0.1) is 0 Å². The van der Waals surface area contributed by atoms with Gasteiger partial charge in [0.1, 0.15) is 11.5 Å². The van der Waals surface area contributed by atoms with Crippen molar-refractivity contribution in [1.29, 1.82) is 0 Å². The third-order valence-electron chi connectivity index (χ3n) is 11.0. The second-order valence-electron chi connectivity index (χ2n) is 13.9. The number of aromatic nitrogens is 3. The highest BCUT2D eigenvalue weighted by molar-refractivity contribution is 6.02. The molecule has 1 spiro atoms. The molecule has 1 aromatic heterocycles. The Morgan fingerprint density at radius 2 is 0.833 bits per heavy atom. The lowest BCUT2D eigenvalue weighted by Crippen LogP contribution is -2.32. The number of fused-ring (bicyclic) bond motifs is 10. The highest BCUT2D eigenvalue weighted by Crippen LogP contribution is 2.62. The second kappa shape index (κ2) is 11.9. The normalized spacial score (nSPS) is 13.1. The second-order valence-corrected chi connectivity index (χ2v) is 13.9. The van der Waals surface area contributed by atoms with Crippen LogP contribution in [0.25, 0.3) is 67.2 Å². The minimum Gasteiger partial charge on any atom is -0.457 e. The van der Waals surface area contributed by atoms with Crippen molar-refractivity contribution in [3.05, 3.63) is 210 Å². The van der Waals surface area contributed by atoms with Gasteiger partial charge in [0.15, 0.2) is 17.5 Å². The van der Waals surface area contributed by atoms with Crippen molar-refractivity contribution in [2.75, 3.05) is 0 Å². The van der Waals surface area contributed by atoms with E-state index in [1.54, 1.807) is 0 Å². The third-order valence-corrected chi connectivity index (χ3v) is 11.0. The van der Waals surface area contributed by atoms with Gasteiger partial charge in [0, 0.05) is 27.8 Å². The zero-order valence-electron chi connectivity index (χ0n) is 29.1. The minimum absolute atomic E-state index is 0.533. The Morgan fingerprint density at radius 1 is 0.333 bits per heavy atom. The van der Waals surface area contributed by atoms with Gasteiger partial charge in [0.05, 0.1) is 5.41 Å². The van der Waals surface area contributed by atoms with E-state index in [1.165, 1.54) is 27.8 Å². The lowest BCUT2D eigenvalue weighted by atomic mass is 9.66. The van der Waals surface area contributed by atoms with Gasteiger partial charge in [-0.05, 0) is 68.4 Å². The van der Waals surface area contributed by atoms with E-state index >= 15 is 0 Å². The molecule has 1 aliphatic heterocycles. The standard InChI is InChI=1S/C50H31N3O/c1-3-14-32(15-4-1)33-26-28-35(29-27-33)48-51-47(34-16-5-2-6-17-34)52-49(53-48)38-20-13-18-36-30-44-40(31-39(36)38)37-19-7-8-21-41(37)50(44)42-22-9-11-24-45(42)54-46-25-12-10-23-43(46)50/h1-31H. The summed E-state index contributed by atoms with van der Waals surface area (Å²) in [6.07, 6.45) is 0. The number of hydrogen-bond donors (Lipinski definition) is 0. The van der Waals surface area contributed by atoms with Crippen LogP contribution in [0.4, 0.5) is 0 Å². The number of rotatable bonds is 4. The van der Waals surface area contributed by atoms with Crippen LogP contribution in [0.2, 0.25) is 0 Å². The largest absolute Gasteiger partial charge is 0.457 e. The van der Waals surface area contributed by atoms with Crippen molar-refractivity contribution in [2.45, 2.75) is 5.41 Å². The number of ether oxygens (including phenoxy) is 1. The summed E-state index contributed by atoms with van der Waals surface area (Å²) < 4.78 is 6.56. The minimum atomic E-state index is -0.533. The molecule has 9 aromatic rings. The van der Waals surface area contributed by atoms with Crippen molar-refractivity contribution >= 4 is 10.8 Å². The maximum absolute atomic E-state index is 6.56. The fourth-order valence-corrected chi connectivity index (χ4v) is 8.60. The molecule has 2 heterocycles. The first-order valence-electron chi connectivity index (χ1n) is 18.3. The van der Waals surface area contributed by atoms with Crippen molar-refractivity contribution < 1.29 is 4.74 Å². The van der Waals surface area contributed by atoms with Crippen LogP contribution in [0.5, 0.6) is 11.5 Å². The SMILES string of the molecule is c1ccc(-c2ccc(-c3nc(-c4ccccc4)nc(-c4cccc5cc6c(cc45)-c4ccccc4C64c5ccccc5Oc5ccccc54)n3)cc2)cc1. The van der Waals surface area contributed by atoms with Crippen LogP contribution in [0, 0.1) is 0 Å². The number of para-hydroxylation sites is 2. The molecule has 0 atom stereocenters. The van der Waals surface area contributed by atoms with Crippen LogP contribution in [0.15, 0.2) is 188 Å². The zero-order chi connectivity index (χ0) is 35.6. The summed E-state index contributed by atoms with van der Waals surface area (Å²) in [5, 5.41) is 2.21. The summed E-state index contributed by atoms with van der Waals surface area (Å²) in [6.45, 7) is 0. The molecule has 2 aliphatic rings. The highest BCUT2D eigenvalue weighted by atomic mass is 16.5. The van der Waals surface area contributed by atoms with Crippen LogP contribution < -0.4 is 4.74 Å². The topological polar surface area (TPSA) is 47.9 Å². The van der Waals surface area contributed by atoms with Crippen LogP contribution >= 0.6 is 0 Å². The summed E-state index contributed by atoms with van der Waals surface area (Å²) in [6, 6.07) is 66.1. The predicted octanol–water partition coefficient (Wildman–Crippen LogP) is 12.2. The van der Waals surface area contributed by atoms with Crippen molar-refractivity contribution in [2.24, 2.45) is 0 Å². The molecular formula is C50H31N3O. The van der Waals surface area contributed by atoms with Gasteiger partial charge in [0.25, 0.3) is 0 Å². The summed E-state index contributed by atoms with van der Waals surface area (Å²) in [4.78, 5) is 15.4. The van der Waals surface area contributed by atoms with E-state index in [1.807, 2.05) is 24.3 Å². The van der Waals surface area contributed by atoms with Crippen LogP contribution in [0.1, 0.15) is 22.3 Å². The molecule has 54 heavy (non-hydrogen) atoms. The van der Waals surface area contributed by atoms with Crippen LogP contribution in [0.3, 0.4) is 0 Å². The van der Waals surface area contributed by atoms with E-state index < -0.39 is 5.41 Å². The molecule has 4 heteroatoms. The Hall–Kier alpha value is -7.17. The smallest absolute Gasteiger partial charge is 0.164 e. The predicted molar refractivity (Wildman–Crippen MR) is 216 cm³/mol. The first kappa shape index (κ1) is 30.5. The molecule has 0 saturated carbocycles. The fraction of sp³-hybridized carbons (Fsp3) is 0.0200. The van der Waals surface area contributed by atoms with E-state index in [4.69, 9.17) is 19.7 Å². The summed E-state index contributed by atoms with van der Waals surface area (Å²) in [7, 11) is 0. The molecule has 8 aromatic carbocycles. The molecule has 0 saturated heterocycles.